The molecule has 0 spiro atoms. The molecule has 0 saturated carbocycles. The summed E-state index contributed by atoms with van der Waals surface area (Å²) in [6.45, 7) is 4.71. The summed E-state index contributed by atoms with van der Waals surface area (Å²) in [6, 6.07) is 12.4. The van der Waals surface area contributed by atoms with Crippen LogP contribution in [0, 0.1) is 0 Å². The number of benzene rings is 2. The molecule has 0 fully saturated rings. The zero-order valence-corrected chi connectivity index (χ0v) is 20.2. The van der Waals surface area contributed by atoms with Gasteiger partial charge in [-0.25, -0.2) is 9.93 Å². The van der Waals surface area contributed by atoms with Crippen molar-refractivity contribution in [2.24, 2.45) is 5.14 Å². The predicted molar refractivity (Wildman–Crippen MR) is 127 cm³/mol. The van der Waals surface area contributed by atoms with E-state index < -0.39 is 46.5 Å². The molecule has 1 aliphatic rings. The summed E-state index contributed by atoms with van der Waals surface area (Å²) in [7, 11) is -4.34. The van der Waals surface area contributed by atoms with Crippen molar-refractivity contribution in [1.82, 2.24) is 9.47 Å². The molecular weight excluding hydrogens is 474 g/mol. The van der Waals surface area contributed by atoms with Crippen molar-refractivity contribution in [2.75, 3.05) is 6.61 Å². The Labute approximate surface area is 202 Å². The molecule has 184 valence electrons. The fraction of sp³-hybridized carbons (Fsp3) is 0.292. The summed E-state index contributed by atoms with van der Waals surface area (Å²) in [4.78, 5) is 40.0. The number of aromatic nitrogens is 1. The summed E-state index contributed by atoms with van der Waals surface area (Å²) in [5.41, 5.74) is 0.856. The number of carbonyl (C=O) groups excluding carboxylic acids is 3. The third-order valence-electron chi connectivity index (χ3n) is 5.46. The van der Waals surface area contributed by atoms with Crippen LogP contribution in [0.4, 0.5) is 4.79 Å². The lowest BCUT2D eigenvalue weighted by atomic mass is 10.0. The van der Waals surface area contributed by atoms with Crippen LogP contribution >= 0.6 is 0 Å². The highest BCUT2D eigenvalue weighted by molar-refractivity contribution is 7.84. The Balaban J connectivity index is 1.74. The minimum atomic E-state index is -4.34. The lowest BCUT2D eigenvalue weighted by Gasteiger charge is -2.25. The van der Waals surface area contributed by atoms with Crippen LogP contribution in [0.15, 0.2) is 54.7 Å². The van der Waals surface area contributed by atoms with Crippen LogP contribution in [0.1, 0.15) is 47.1 Å². The molecule has 3 aromatic rings. The van der Waals surface area contributed by atoms with Gasteiger partial charge in [-0.3, -0.25) is 23.2 Å². The largest absolute Gasteiger partial charge is 0.443 e. The first-order chi connectivity index (χ1) is 16.4. The quantitative estimate of drug-likeness (QED) is 0.515. The number of rotatable bonds is 6. The molecule has 2 aromatic carbocycles. The van der Waals surface area contributed by atoms with E-state index in [0.29, 0.717) is 16.5 Å². The van der Waals surface area contributed by atoms with Gasteiger partial charge < -0.3 is 4.74 Å². The molecule has 35 heavy (non-hydrogen) atoms. The molecule has 10 nitrogen and oxygen atoms in total. The van der Waals surface area contributed by atoms with Crippen LogP contribution in [0.3, 0.4) is 0 Å². The van der Waals surface area contributed by atoms with E-state index in [4.69, 9.17) is 14.1 Å². The van der Waals surface area contributed by atoms with Crippen LogP contribution in [0.5, 0.6) is 0 Å². The third kappa shape index (κ3) is 5.11. The summed E-state index contributed by atoms with van der Waals surface area (Å²) in [6.07, 6.45) is 0.969. The van der Waals surface area contributed by atoms with Crippen molar-refractivity contribution in [1.29, 1.82) is 0 Å². The van der Waals surface area contributed by atoms with E-state index in [1.165, 1.54) is 16.7 Å². The highest BCUT2D eigenvalue weighted by atomic mass is 32.2. The highest BCUT2D eigenvalue weighted by Crippen LogP contribution is 2.29. The van der Waals surface area contributed by atoms with Gasteiger partial charge in [-0.15, -0.1) is 0 Å². The van der Waals surface area contributed by atoms with Crippen molar-refractivity contribution in [2.45, 2.75) is 38.8 Å². The van der Waals surface area contributed by atoms with Gasteiger partial charge in [-0.1, -0.05) is 30.3 Å². The number of fused-ring (bicyclic) bond motifs is 2. The van der Waals surface area contributed by atoms with Gasteiger partial charge in [0.05, 0.1) is 29.3 Å². The van der Waals surface area contributed by atoms with Gasteiger partial charge in [-0.2, -0.15) is 8.42 Å². The predicted octanol–water partition coefficient (Wildman–Crippen LogP) is 2.85. The van der Waals surface area contributed by atoms with Gasteiger partial charge in [0.25, 0.3) is 11.8 Å². The zero-order chi connectivity index (χ0) is 25.5. The Hall–Kier alpha value is -3.54. The van der Waals surface area contributed by atoms with E-state index in [2.05, 4.69) is 0 Å². The maximum absolute atomic E-state index is 13.1. The molecule has 11 heteroatoms. The molecule has 1 aliphatic heterocycles. The van der Waals surface area contributed by atoms with Gasteiger partial charge in [0.2, 0.25) is 0 Å². The van der Waals surface area contributed by atoms with Gasteiger partial charge >= 0.3 is 16.4 Å². The minimum Gasteiger partial charge on any atom is -0.443 e. The van der Waals surface area contributed by atoms with Crippen molar-refractivity contribution >= 4 is 39.1 Å². The minimum absolute atomic E-state index is 0.0112. The lowest BCUT2D eigenvalue weighted by Crippen LogP contribution is -2.44. The number of carbonyl (C=O) groups is 3. The van der Waals surface area contributed by atoms with Gasteiger partial charge in [0.1, 0.15) is 5.60 Å². The van der Waals surface area contributed by atoms with Crippen LogP contribution in [-0.4, -0.2) is 54.0 Å². The average molecular weight is 500 g/mol. The first-order valence-electron chi connectivity index (χ1n) is 10.8. The van der Waals surface area contributed by atoms with Crippen molar-refractivity contribution < 1.29 is 31.7 Å². The van der Waals surface area contributed by atoms with Crippen LogP contribution in [0.2, 0.25) is 0 Å². The number of amides is 2. The highest BCUT2D eigenvalue weighted by Gasteiger charge is 2.40. The second-order valence-electron chi connectivity index (χ2n) is 9.18. The van der Waals surface area contributed by atoms with E-state index in [0.717, 1.165) is 4.90 Å². The van der Waals surface area contributed by atoms with Crippen LogP contribution < -0.4 is 5.14 Å². The van der Waals surface area contributed by atoms with E-state index >= 15 is 0 Å². The number of hydrogen-bond acceptors (Lipinski definition) is 7. The Morgan fingerprint density at radius 1 is 1.00 bits per heavy atom. The molecule has 0 aliphatic carbocycles. The van der Waals surface area contributed by atoms with E-state index in [-0.39, 0.29) is 17.5 Å². The van der Waals surface area contributed by atoms with Crippen molar-refractivity contribution in [3.8, 4) is 0 Å². The number of ether oxygens (including phenoxy) is 1. The Morgan fingerprint density at radius 2 is 1.57 bits per heavy atom. The van der Waals surface area contributed by atoms with Crippen LogP contribution in [0.25, 0.3) is 10.9 Å². The summed E-state index contributed by atoms with van der Waals surface area (Å²) in [5.74, 6) is -1.13. The Morgan fingerprint density at radius 3 is 2.14 bits per heavy atom. The van der Waals surface area contributed by atoms with E-state index in [9.17, 15) is 22.8 Å². The molecule has 1 aromatic heterocycles. The standard InChI is InChI=1S/C24H25N3O7S/c1-24(2,3)34-23(30)26-13-15(17-8-6-7-11-20(17)26)12-16(14-33-35(25,31)32)27-21(28)18-9-4-5-10-19(18)22(27)29/h4-11,13,16H,12,14H2,1-3H3,(H2,25,31,32)/t16-/m0/s1. The molecule has 0 bridgehead atoms. The smallest absolute Gasteiger partial charge is 0.419 e. The molecular formula is C24H25N3O7S. The SMILES string of the molecule is CC(C)(C)OC(=O)n1cc(C[C@@H](COS(N)(=O)=O)N2C(=O)c3ccccc3C2=O)c2ccccc21. The second kappa shape index (κ2) is 8.91. The molecule has 4 rings (SSSR count). The number of para-hydroxylation sites is 1. The third-order valence-corrected chi connectivity index (χ3v) is 5.92. The monoisotopic (exact) mass is 499 g/mol. The first-order valence-corrected chi connectivity index (χ1v) is 12.3. The number of hydrogen-bond donors (Lipinski definition) is 1. The van der Waals surface area contributed by atoms with E-state index in [1.807, 2.05) is 0 Å². The number of imide groups is 1. The lowest BCUT2D eigenvalue weighted by molar-refractivity contribution is 0.0520. The fourth-order valence-electron chi connectivity index (χ4n) is 4.07. The maximum atomic E-state index is 13.1. The topological polar surface area (TPSA) is 138 Å². The van der Waals surface area contributed by atoms with Gasteiger partial charge in [0.15, 0.2) is 0 Å². The maximum Gasteiger partial charge on any atom is 0.419 e. The second-order valence-corrected chi connectivity index (χ2v) is 10.4. The Kier molecular flexibility index (Phi) is 6.26. The van der Waals surface area contributed by atoms with Gasteiger partial charge in [0, 0.05) is 11.6 Å². The molecule has 2 heterocycles. The average Bonchev–Trinajstić information content (AvgIpc) is 3.25. The van der Waals surface area contributed by atoms with Crippen molar-refractivity contribution in [3.63, 3.8) is 0 Å². The fourth-order valence-corrected chi connectivity index (χ4v) is 4.41. The van der Waals surface area contributed by atoms with Gasteiger partial charge in [-0.05, 0) is 51.0 Å². The first kappa shape index (κ1) is 24.6. The zero-order valence-electron chi connectivity index (χ0n) is 19.4. The van der Waals surface area contributed by atoms with E-state index in [1.54, 1.807) is 63.4 Å². The normalized spacial score (nSPS) is 14.9. The molecule has 2 amide bonds. The summed E-state index contributed by atoms with van der Waals surface area (Å²) < 4.78 is 34.7. The van der Waals surface area contributed by atoms with Crippen molar-refractivity contribution in [3.05, 3.63) is 71.4 Å². The summed E-state index contributed by atoms with van der Waals surface area (Å²) >= 11 is 0. The Bertz CT molecular complexity index is 1400. The molecule has 1 atom stereocenters. The molecule has 2 N–H and O–H groups in total. The molecule has 0 saturated heterocycles. The number of nitrogens with two attached hydrogens (primary N) is 1. The number of nitrogens with zero attached hydrogens (tertiary/aromatic N) is 2. The summed E-state index contributed by atoms with van der Waals surface area (Å²) in [5, 5.41) is 5.70. The van der Waals surface area contributed by atoms with Crippen LogP contribution in [-0.2, 0) is 25.6 Å². The molecule has 0 unspecified atom stereocenters. The molecule has 0 radical (unpaired) electrons.